The van der Waals surface area contributed by atoms with E-state index in [9.17, 15) is 14.4 Å². The third-order valence-electron chi connectivity index (χ3n) is 2.63. The van der Waals surface area contributed by atoms with Crippen LogP contribution in [0.1, 0.15) is 43.9 Å². The zero-order valence-electron chi connectivity index (χ0n) is 14.4. The van der Waals surface area contributed by atoms with Gasteiger partial charge in [-0.25, -0.2) is 14.4 Å². The summed E-state index contributed by atoms with van der Waals surface area (Å²) in [4.78, 5) is 35.2. The van der Waals surface area contributed by atoms with Crippen molar-refractivity contribution in [1.29, 1.82) is 0 Å². The first kappa shape index (κ1) is 19.5. The summed E-state index contributed by atoms with van der Waals surface area (Å²) >= 11 is 0. The Hall–Kier alpha value is -2.58. The number of carbonyl (C=O) groups excluding carboxylic acids is 3. The third kappa shape index (κ3) is 6.27. The number of hydrogen-bond donors (Lipinski definition) is 1. The van der Waals surface area contributed by atoms with Crippen molar-refractivity contribution in [2.45, 2.75) is 45.8 Å². The van der Waals surface area contributed by atoms with Crippen molar-refractivity contribution >= 4 is 18.0 Å². The molecule has 1 aromatic heterocycles. The molecule has 9 nitrogen and oxygen atoms in total. The van der Waals surface area contributed by atoms with E-state index in [1.165, 1.54) is 13.2 Å². The van der Waals surface area contributed by atoms with Crippen LogP contribution < -0.4 is 5.32 Å². The molecule has 0 saturated heterocycles. The molecule has 24 heavy (non-hydrogen) atoms. The number of nitrogens with one attached hydrogen (secondary N) is 1. The van der Waals surface area contributed by atoms with E-state index in [0.717, 1.165) is 0 Å². The molecule has 0 saturated carbocycles. The second-order valence-electron chi connectivity index (χ2n) is 5.83. The lowest BCUT2D eigenvalue weighted by Gasteiger charge is -2.22. The van der Waals surface area contributed by atoms with Crippen LogP contribution in [0.4, 0.5) is 4.79 Å². The fourth-order valence-corrected chi connectivity index (χ4v) is 1.70. The Balaban J connectivity index is 2.78. The van der Waals surface area contributed by atoms with E-state index < -0.39 is 29.7 Å². The monoisotopic (exact) mass is 342 g/mol. The molecule has 0 aromatic carbocycles. The molecule has 0 bridgehead atoms. The highest BCUT2D eigenvalue weighted by Crippen LogP contribution is 2.11. The molecule has 0 fully saturated rings. The van der Waals surface area contributed by atoms with Gasteiger partial charge in [0.25, 0.3) is 0 Å². The standard InChI is InChI=1S/C15H22N2O7/c1-6-22-13(19)11-8-9(24-17-11)7-10(12(18)21-5)16-14(20)23-15(2,3)4/h8,10H,6-7H2,1-5H3,(H,16,20)/t10-/m0/s1. The van der Waals surface area contributed by atoms with Gasteiger partial charge in [-0.05, 0) is 27.7 Å². The summed E-state index contributed by atoms with van der Waals surface area (Å²) < 4.78 is 19.5. The second-order valence-corrected chi connectivity index (χ2v) is 5.83. The molecule has 9 heteroatoms. The van der Waals surface area contributed by atoms with Gasteiger partial charge in [0.05, 0.1) is 13.7 Å². The molecule has 1 atom stereocenters. The Labute approximate surface area is 139 Å². The van der Waals surface area contributed by atoms with Crippen molar-refractivity contribution in [2.75, 3.05) is 13.7 Å². The summed E-state index contributed by atoms with van der Waals surface area (Å²) in [5.41, 5.74) is -0.735. The van der Waals surface area contributed by atoms with E-state index in [2.05, 4.69) is 15.2 Å². The predicted molar refractivity (Wildman–Crippen MR) is 81.3 cm³/mol. The molecule has 1 aromatic rings. The Morgan fingerprint density at radius 2 is 2.00 bits per heavy atom. The molecule has 0 spiro atoms. The van der Waals surface area contributed by atoms with E-state index in [0.29, 0.717) is 0 Å². The van der Waals surface area contributed by atoms with Crippen molar-refractivity contribution < 1.29 is 33.1 Å². The van der Waals surface area contributed by atoms with E-state index in [4.69, 9.17) is 14.0 Å². The molecular formula is C15H22N2O7. The van der Waals surface area contributed by atoms with Crippen LogP contribution in [0.3, 0.4) is 0 Å². The Morgan fingerprint density at radius 1 is 1.33 bits per heavy atom. The lowest BCUT2D eigenvalue weighted by Crippen LogP contribution is -2.45. The zero-order chi connectivity index (χ0) is 18.3. The zero-order valence-corrected chi connectivity index (χ0v) is 14.4. The first-order valence-corrected chi connectivity index (χ1v) is 7.36. The number of ether oxygens (including phenoxy) is 3. The average molecular weight is 342 g/mol. The number of hydrogen-bond acceptors (Lipinski definition) is 8. The summed E-state index contributed by atoms with van der Waals surface area (Å²) in [6.07, 6.45) is -0.832. The van der Waals surface area contributed by atoms with Gasteiger partial charge in [0.2, 0.25) is 0 Å². The SMILES string of the molecule is CCOC(=O)c1cc(C[C@H](NC(=O)OC(C)(C)C)C(=O)OC)on1. The minimum absolute atomic E-state index is 0.0206. The van der Waals surface area contributed by atoms with Gasteiger partial charge in [-0.15, -0.1) is 0 Å². The minimum Gasteiger partial charge on any atom is -0.467 e. The van der Waals surface area contributed by atoms with Crippen LogP contribution in [0.25, 0.3) is 0 Å². The molecule has 0 radical (unpaired) electrons. The average Bonchev–Trinajstić information content (AvgIpc) is 2.92. The van der Waals surface area contributed by atoms with Crippen LogP contribution in [-0.4, -0.2) is 48.5 Å². The van der Waals surface area contributed by atoms with Gasteiger partial charge in [0.15, 0.2) is 5.69 Å². The largest absolute Gasteiger partial charge is 0.467 e. The Bertz CT molecular complexity index is 589. The molecule has 0 aliphatic heterocycles. The third-order valence-corrected chi connectivity index (χ3v) is 2.63. The van der Waals surface area contributed by atoms with Crippen LogP contribution in [0.2, 0.25) is 0 Å². The van der Waals surface area contributed by atoms with E-state index in [1.807, 2.05) is 0 Å². The van der Waals surface area contributed by atoms with Crippen molar-refractivity contribution in [3.05, 3.63) is 17.5 Å². The van der Waals surface area contributed by atoms with Crippen molar-refractivity contribution in [3.8, 4) is 0 Å². The lowest BCUT2D eigenvalue weighted by atomic mass is 10.1. The van der Waals surface area contributed by atoms with Gasteiger partial charge in [-0.1, -0.05) is 5.16 Å². The van der Waals surface area contributed by atoms with E-state index in [1.54, 1.807) is 27.7 Å². The number of nitrogens with zero attached hydrogens (tertiary/aromatic N) is 1. The highest BCUT2D eigenvalue weighted by molar-refractivity contribution is 5.87. The molecule has 1 amide bonds. The first-order valence-electron chi connectivity index (χ1n) is 7.36. The quantitative estimate of drug-likeness (QED) is 0.610. The van der Waals surface area contributed by atoms with Gasteiger partial charge >= 0.3 is 18.0 Å². The van der Waals surface area contributed by atoms with Crippen molar-refractivity contribution in [1.82, 2.24) is 10.5 Å². The number of rotatable bonds is 6. The predicted octanol–water partition coefficient (Wildman–Crippen LogP) is 1.46. The summed E-state index contributed by atoms with van der Waals surface area (Å²) in [7, 11) is 1.19. The Kier molecular flexibility index (Phi) is 6.75. The van der Waals surface area contributed by atoms with Crippen molar-refractivity contribution in [2.24, 2.45) is 0 Å². The van der Waals surface area contributed by atoms with Gasteiger partial charge in [-0.2, -0.15) is 0 Å². The maximum absolute atomic E-state index is 11.8. The number of methoxy groups -OCH3 is 1. The fourth-order valence-electron chi connectivity index (χ4n) is 1.70. The number of aromatic nitrogens is 1. The highest BCUT2D eigenvalue weighted by Gasteiger charge is 2.27. The summed E-state index contributed by atoms with van der Waals surface area (Å²) in [6, 6.07) is 0.290. The fraction of sp³-hybridized carbons (Fsp3) is 0.600. The van der Waals surface area contributed by atoms with Crippen LogP contribution in [0.5, 0.6) is 0 Å². The number of alkyl carbamates (subject to hydrolysis) is 1. The lowest BCUT2D eigenvalue weighted by molar-refractivity contribution is -0.143. The van der Waals surface area contributed by atoms with Crippen LogP contribution in [0, 0.1) is 0 Å². The van der Waals surface area contributed by atoms with E-state index in [-0.39, 0.29) is 24.5 Å². The first-order chi connectivity index (χ1) is 11.2. The molecule has 134 valence electrons. The molecule has 0 aliphatic carbocycles. The maximum atomic E-state index is 11.8. The van der Waals surface area contributed by atoms with E-state index >= 15 is 0 Å². The molecule has 0 unspecified atom stereocenters. The molecular weight excluding hydrogens is 320 g/mol. The molecule has 0 aliphatic rings. The van der Waals surface area contributed by atoms with Crippen LogP contribution >= 0.6 is 0 Å². The number of amides is 1. The van der Waals surface area contributed by atoms with Gasteiger partial charge in [0, 0.05) is 12.5 Å². The number of esters is 2. The highest BCUT2D eigenvalue weighted by atomic mass is 16.6. The number of carbonyl (C=O) groups is 3. The summed E-state index contributed by atoms with van der Waals surface area (Å²) in [5.74, 6) is -1.11. The Morgan fingerprint density at radius 3 is 2.54 bits per heavy atom. The van der Waals surface area contributed by atoms with Crippen LogP contribution in [-0.2, 0) is 25.4 Å². The van der Waals surface area contributed by atoms with Gasteiger partial charge < -0.3 is 24.1 Å². The molecule has 1 N–H and O–H groups in total. The maximum Gasteiger partial charge on any atom is 0.408 e. The smallest absolute Gasteiger partial charge is 0.408 e. The van der Waals surface area contributed by atoms with Crippen molar-refractivity contribution in [3.63, 3.8) is 0 Å². The normalized spacial score (nSPS) is 12.2. The van der Waals surface area contributed by atoms with Gasteiger partial charge in [0.1, 0.15) is 17.4 Å². The van der Waals surface area contributed by atoms with Gasteiger partial charge in [-0.3, -0.25) is 0 Å². The summed E-state index contributed by atoms with van der Waals surface area (Å²) in [5, 5.41) is 5.96. The molecule has 1 heterocycles. The molecule has 1 rings (SSSR count). The minimum atomic E-state index is -1.05. The second kappa shape index (κ2) is 8.32. The summed E-state index contributed by atoms with van der Waals surface area (Å²) in [6.45, 7) is 6.95. The van der Waals surface area contributed by atoms with Crippen LogP contribution in [0.15, 0.2) is 10.6 Å². The topological polar surface area (TPSA) is 117 Å².